The summed E-state index contributed by atoms with van der Waals surface area (Å²) in [5.41, 5.74) is 0.478. The molecule has 1 fully saturated rings. The van der Waals surface area contributed by atoms with Crippen molar-refractivity contribution in [2.24, 2.45) is 0 Å². The zero-order valence-corrected chi connectivity index (χ0v) is 10.1. The second kappa shape index (κ2) is 5.47. The summed E-state index contributed by atoms with van der Waals surface area (Å²) in [6, 6.07) is 4.83. The molecule has 1 heterocycles. The summed E-state index contributed by atoms with van der Waals surface area (Å²) in [5.74, 6) is -0.225. The molecule has 0 radical (unpaired) electrons. The second-order valence-electron chi connectivity index (χ2n) is 4.12. The van der Waals surface area contributed by atoms with Gasteiger partial charge in [-0.05, 0) is 18.6 Å². The number of hydrogen-bond acceptors (Lipinski definition) is 2. The first-order valence-corrected chi connectivity index (χ1v) is 5.97. The Hall–Kier alpha value is -1.13. The van der Waals surface area contributed by atoms with Gasteiger partial charge in [0.15, 0.2) is 0 Å². The lowest BCUT2D eigenvalue weighted by molar-refractivity contribution is -0.122. The van der Waals surface area contributed by atoms with Gasteiger partial charge in [0.05, 0.1) is 0 Å². The van der Waals surface area contributed by atoms with Crippen molar-refractivity contribution in [3.63, 3.8) is 0 Å². The number of carbonyl (C=O) groups is 1. The third kappa shape index (κ3) is 3.17. The molecule has 17 heavy (non-hydrogen) atoms. The summed E-state index contributed by atoms with van der Waals surface area (Å²) < 4.78 is 13.5. The molecule has 3 nitrogen and oxygen atoms in total. The summed E-state index contributed by atoms with van der Waals surface area (Å²) in [4.78, 5) is 11.0. The molecular weight excluding hydrogens is 243 g/mol. The van der Waals surface area contributed by atoms with E-state index in [1.807, 2.05) is 0 Å². The van der Waals surface area contributed by atoms with Gasteiger partial charge in [-0.1, -0.05) is 17.7 Å². The Morgan fingerprint density at radius 3 is 3.00 bits per heavy atom. The Labute approximate surface area is 104 Å². The van der Waals surface area contributed by atoms with Gasteiger partial charge in [0, 0.05) is 36.1 Å². The van der Waals surface area contributed by atoms with Gasteiger partial charge in [-0.2, -0.15) is 0 Å². The number of piperidine rings is 1. The highest BCUT2D eigenvalue weighted by Gasteiger charge is 2.18. The monoisotopic (exact) mass is 256 g/mol. The molecule has 1 aromatic carbocycles. The molecule has 5 heteroatoms. The van der Waals surface area contributed by atoms with Crippen LogP contribution >= 0.6 is 11.6 Å². The van der Waals surface area contributed by atoms with Gasteiger partial charge in [0.1, 0.15) is 5.82 Å². The lowest BCUT2D eigenvalue weighted by Crippen LogP contribution is -2.45. The Bertz CT molecular complexity index is 395. The molecule has 0 saturated carbocycles. The number of halogens is 2. The molecule has 0 aromatic heterocycles. The fourth-order valence-electron chi connectivity index (χ4n) is 1.85. The molecule has 1 aliphatic heterocycles. The van der Waals surface area contributed by atoms with Gasteiger partial charge in [-0.25, -0.2) is 4.39 Å². The van der Waals surface area contributed by atoms with Crippen molar-refractivity contribution >= 4 is 17.5 Å². The number of nitrogens with one attached hydrogen (secondary N) is 2. The number of benzene rings is 1. The van der Waals surface area contributed by atoms with Gasteiger partial charge in [0.25, 0.3) is 0 Å². The van der Waals surface area contributed by atoms with Crippen LogP contribution in [-0.2, 0) is 11.3 Å². The van der Waals surface area contributed by atoms with Crippen LogP contribution in [0.4, 0.5) is 4.39 Å². The minimum atomic E-state index is -0.301. The van der Waals surface area contributed by atoms with Crippen LogP contribution in [-0.4, -0.2) is 18.5 Å². The van der Waals surface area contributed by atoms with E-state index in [1.54, 1.807) is 12.1 Å². The molecule has 0 bridgehead atoms. The molecule has 1 saturated heterocycles. The smallest absolute Gasteiger partial charge is 0.220 e. The summed E-state index contributed by atoms with van der Waals surface area (Å²) in [5, 5.41) is 6.40. The summed E-state index contributed by atoms with van der Waals surface area (Å²) in [6.07, 6.45) is 1.29. The normalized spacial score (nSPS) is 20.1. The molecule has 0 spiro atoms. The van der Waals surface area contributed by atoms with Gasteiger partial charge in [0.2, 0.25) is 5.91 Å². The third-order valence-corrected chi connectivity index (χ3v) is 3.25. The SMILES string of the molecule is O=C1CCC(NCc2c(F)cccc2Cl)CN1. The van der Waals surface area contributed by atoms with Crippen LogP contribution in [0.2, 0.25) is 5.02 Å². The maximum absolute atomic E-state index is 13.5. The van der Waals surface area contributed by atoms with Crippen molar-refractivity contribution in [2.75, 3.05) is 6.54 Å². The Balaban J connectivity index is 1.91. The quantitative estimate of drug-likeness (QED) is 0.867. The average molecular weight is 257 g/mol. The van der Waals surface area contributed by atoms with E-state index >= 15 is 0 Å². The zero-order chi connectivity index (χ0) is 12.3. The van der Waals surface area contributed by atoms with Crippen LogP contribution in [0.1, 0.15) is 18.4 Å². The van der Waals surface area contributed by atoms with Crippen LogP contribution in [0.3, 0.4) is 0 Å². The Kier molecular flexibility index (Phi) is 3.97. The molecule has 2 rings (SSSR count). The zero-order valence-electron chi connectivity index (χ0n) is 9.30. The van der Waals surface area contributed by atoms with Gasteiger partial charge < -0.3 is 10.6 Å². The molecule has 92 valence electrons. The molecular formula is C12H14ClFN2O. The predicted octanol–water partition coefficient (Wildman–Crippen LogP) is 1.85. The molecule has 1 aliphatic rings. The van der Waals surface area contributed by atoms with Crippen molar-refractivity contribution in [3.8, 4) is 0 Å². The largest absolute Gasteiger partial charge is 0.355 e. The van der Waals surface area contributed by atoms with E-state index in [0.29, 0.717) is 30.1 Å². The fraction of sp³-hybridized carbons (Fsp3) is 0.417. The van der Waals surface area contributed by atoms with Crippen LogP contribution in [0.15, 0.2) is 18.2 Å². The lowest BCUT2D eigenvalue weighted by Gasteiger charge is -2.23. The highest BCUT2D eigenvalue weighted by molar-refractivity contribution is 6.31. The Morgan fingerprint density at radius 2 is 2.35 bits per heavy atom. The van der Waals surface area contributed by atoms with Crippen LogP contribution in [0.5, 0.6) is 0 Å². The highest BCUT2D eigenvalue weighted by atomic mass is 35.5. The lowest BCUT2D eigenvalue weighted by atomic mass is 10.1. The van der Waals surface area contributed by atoms with E-state index in [4.69, 9.17) is 11.6 Å². The van der Waals surface area contributed by atoms with Crippen molar-refractivity contribution in [2.45, 2.75) is 25.4 Å². The van der Waals surface area contributed by atoms with E-state index in [0.717, 1.165) is 6.42 Å². The minimum Gasteiger partial charge on any atom is -0.355 e. The number of carbonyl (C=O) groups excluding carboxylic acids is 1. The number of rotatable bonds is 3. The van der Waals surface area contributed by atoms with Crippen LogP contribution in [0.25, 0.3) is 0 Å². The van der Waals surface area contributed by atoms with Gasteiger partial charge in [-0.3, -0.25) is 4.79 Å². The van der Waals surface area contributed by atoms with Gasteiger partial charge in [-0.15, -0.1) is 0 Å². The summed E-state index contributed by atoms with van der Waals surface area (Å²) in [7, 11) is 0. The Morgan fingerprint density at radius 1 is 1.53 bits per heavy atom. The first-order valence-electron chi connectivity index (χ1n) is 5.60. The van der Waals surface area contributed by atoms with Crippen molar-refractivity contribution in [3.05, 3.63) is 34.6 Å². The third-order valence-electron chi connectivity index (χ3n) is 2.89. The second-order valence-corrected chi connectivity index (χ2v) is 4.53. The fourth-order valence-corrected chi connectivity index (χ4v) is 2.08. The van der Waals surface area contributed by atoms with E-state index in [9.17, 15) is 9.18 Å². The van der Waals surface area contributed by atoms with Crippen molar-refractivity contribution in [1.29, 1.82) is 0 Å². The molecule has 1 atom stereocenters. The molecule has 0 aliphatic carbocycles. The maximum Gasteiger partial charge on any atom is 0.220 e. The first kappa shape index (κ1) is 12.3. The predicted molar refractivity (Wildman–Crippen MR) is 64.3 cm³/mol. The average Bonchev–Trinajstić information content (AvgIpc) is 2.31. The molecule has 2 N–H and O–H groups in total. The minimum absolute atomic E-state index is 0.0759. The standard InChI is InChI=1S/C12H14ClFN2O/c13-10-2-1-3-11(14)9(10)7-15-8-4-5-12(17)16-6-8/h1-3,8,15H,4-7H2,(H,16,17). The van der Waals surface area contributed by atoms with Gasteiger partial charge >= 0.3 is 0 Å². The molecule has 1 aromatic rings. The summed E-state index contributed by atoms with van der Waals surface area (Å²) in [6.45, 7) is 0.969. The topological polar surface area (TPSA) is 41.1 Å². The molecule has 1 unspecified atom stereocenters. The van der Waals surface area contributed by atoms with Crippen molar-refractivity contribution < 1.29 is 9.18 Å². The van der Waals surface area contributed by atoms with Crippen LogP contribution < -0.4 is 10.6 Å². The van der Waals surface area contributed by atoms with E-state index in [1.165, 1.54) is 6.07 Å². The maximum atomic E-state index is 13.5. The first-order chi connectivity index (χ1) is 8.16. The van der Waals surface area contributed by atoms with E-state index < -0.39 is 0 Å². The van der Waals surface area contributed by atoms with E-state index in [-0.39, 0.29) is 17.8 Å². The number of amides is 1. The number of hydrogen-bond donors (Lipinski definition) is 2. The van der Waals surface area contributed by atoms with E-state index in [2.05, 4.69) is 10.6 Å². The van der Waals surface area contributed by atoms with Crippen LogP contribution in [0, 0.1) is 5.82 Å². The highest BCUT2D eigenvalue weighted by Crippen LogP contribution is 2.19. The molecule has 1 amide bonds. The summed E-state index contributed by atoms with van der Waals surface area (Å²) >= 11 is 5.92. The van der Waals surface area contributed by atoms with Crippen molar-refractivity contribution in [1.82, 2.24) is 10.6 Å².